The summed E-state index contributed by atoms with van der Waals surface area (Å²) < 4.78 is 25.1. The summed E-state index contributed by atoms with van der Waals surface area (Å²) in [6.07, 6.45) is 3.03. The number of ether oxygens (including phenoxy) is 4. The molecule has 2 fully saturated rings. The highest BCUT2D eigenvalue weighted by Gasteiger charge is 2.35. The lowest BCUT2D eigenvalue weighted by molar-refractivity contribution is -0.0345. The van der Waals surface area contributed by atoms with E-state index in [0.717, 1.165) is 52.5 Å². The minimum atomic E-state index is -0.185. The molecule has 1 aliphatic carbocycles. The van der Waals surface area contributed by atoms with Crippen molar-refractivity contribution in [3.05, 3.63) is 41.6 Å². The number of fused-ring (bicyclic) bond motifs is 1. The van der Waals surface area contributed by atoms with Gasteiger partial charge in [0.2, 0.25) is 0 Å². The third-order valence-corrected chi connectivity index (χ3v) is 6.25. The fourth-order valence-corrected chi connectivity index (χ4v) is 4.62. The Morgan fingerprint density at radius 1 is 1.09 bits per heavy atom. The van der Waals surface area contributed by atoms with Gasteiger partial charge in [0.1, 0.15) is 11.5 Å². The highest BCUT2D eigenvalue weighted by Crippen LogP contribution is 2.42. The number of aromatic nitrogens is 2. The molecule has 2 aliphatic rings. The molecular weight excluding hydrogens is 406 g/mol. The van der Waals surface area contributed by atoms with Crippen molar-refractivity contribution in [2.24, 2.45) is 0 Å². The van der Waals surface area contributed by atoms with Crippen molar-refractivity contribution < 1.29 is 18.9 Å². The number of rotatable bonds is 8. The molecule has 3 aromatic rings. The van der Waals surface area contributed by atoms with Gasteiger partial charge < -0.3 is 23.8 Å². The van der Waals surface area contributed by atoms with Crippen LogP contribution in [-0.2, 0) is 15.9 Å². The van der Waals surface area contributed by atoms with Gasteiger partial charge in [-0.3, -0.25) is 0 Å². The van der Waals surface area contributed by atoms with Crippen LogP contribution in [0.15, 0.2) is 30.3 Å². The minimum Gasteiger partial charge on any atom is -0.496 e. The molecule has 7 nitrogen and oxygen atoms in total. The zero-order valence-electron chi connectivity index (χ0n) is 19.3. The molecule has 0 amide bonds. The van der Waals surface area contributed by atoms with E-state index in [9.17, 15) is 0 Å². The van der Waals surface area contributed by atoms with Crippen molar-refractivity contribution in [3.63, 3.8) is 0 Å². The first-order valence-electron chi connectivity index (χ1n) is 11.4. The van der Waals surface area contributed by atoms with E-state index in [1.54, 1.807) is 14.2 Å². The first-order valence-corrected chi connectivity index (χ1v) is 11.4. The van der Waals surface area contributed by atoms with Crippen LogP contribution >= 0.6 is 0 Å². The van der Waals surface area contributed by atoms with Gasteiger partial charge in [-0.15, -0.1) is 0 Å². The van der Waals surface area contributed by atoms with Crippen molar-refractivity contribution in [3.8, 4) is 22.8 Å². The molecule has 1 aromatic carbocycles. The summed E-state index contributed by atoms with van der Waals surface area (Å²) in [5, 5.41) is 5.07. The maximum absolute atomic E-state index is 5.79. The van der Waals surface area contributed by atoms with Crippen molar-refractivity contribution in [1.29, 1.82) is 0 Å². The number of anilines is 1. The lowest BCUT2D eigenvalue weighted by Gasteiger charge is -2.27. The van der Waals surface area contributed by atoms with E-state index in [2.05, 4.69) is 30.0 Å². The van der Waals surface area contributed by atoms with E-state index in [1.165, 1.54) is 18.5 Å². The molecule has 32 heavy (non-hydrogen) atoms. The van der Waals surface area contributed by atoms with Crippen LogP contribution in [0.25, 0.3) is 16.8 Å². The molecule has 1 saturated carbocycles. The number of pyridine rings is 1. The molecule has 0 radical (unpaired) electrons. The van der Waals surface area contributed by atoms with Gasteiger partial charge in [-0.2, -0.15) is 5.10 Å². The summed E-state index contributed by atoms with van der Waals surface area (Å²) in [4.78, 5) is 2.45. The summed E-state index contributed by atoms with van der Waals surface area (Å²) in [5.41, 5.74) is 6.27. The summed E-state index contributed by atoms with van der Waals surface area (Å²) in [7, 11) is 3.39. The number of aryl methyl sites for hydroxylation is 2. The number of hydrogen-bond donors (Lipinski definition) is 0. The molecule has 0 bridgehead atoms. The van der Waals surface area contributed by atoms with Crippen molar-refractivity contribution >= 4 is 11.2 Å². The van der Waals surface area contributed by atoms with Gasteiger partial charge >= 0.3 is 0 Å². The molecule has 7 heteroatoms. The van der Waals surface area contributed by atoms with E-state index in [-0.39, 0.29) is 6.29 Å². The number of nitrogens with zero attached hydrogens (tertiary/aromatic N) is 3. The molecule has 1 aliphatic heterocycles. The second kappa shape index (κ2) is 8.64. The second-order valence-electron chi connectivity index (χ2n) is 8.46. The zero-order valence-corrected chi connectivity index (χ0v) is 19.3. The van der Waals surface area contributed by atoms with E-state index in [0.29, 0.717) is 19.3 Å². The molecule has 1 saturated heterocycles. The third-order valence-electron chi connectivity index (χ3n) is 6.25. The predicted molar refractivity (Wildman–Crippen MR) is 124 cm³/mol. The average molecular weight is 438 g/mol. The average Bonchev–Trinajstić information content (AvgIpc) is 3.39. The minimum absolute atomic E-state index is 0.185. The fraction of sp³-hybridized carbons (Fsp3) is 0.480. The van der Waals surface area contributed by atoms with Crippen molar-refractivity contribution in [2.75, 3.05) is 38.9 Å². The molecule has 170 valence electrons. The lowest BCUT2D eigenvalue weighted by Crippen LogP contribution is -2.35. The van der Waals surface area contributed by atoms with Crippen molar-refractivity contribution in [1.82, 2.24) is 9.61 Å². The fourth-order valence-electron chi connectivity index (χ4n) is 4.62. The molecule has 0 unspecified atom stereocenters. The quantitative estimate of drug-likeness (QED) is 0.526. The van der Waals surface area contributed by atoms with Gasteiger partial charge in [0.05, 0.1) is 62.1 Å². The lowest BCUT2D eigenvalue weighted by atomic mass is 10.1. The van der Waals surface area contributed by atoms with Crippen LogP contribution in [0.3, 0.4) is 0 Å². The first-order chi connectivity index (χ1) is 15.6. The van der Waals surface area contributed by atoms with Gasteiger partial charge in [-0.25, -0.2) is 4.52 Å². The second-order valence-corrected chi connectivity index (χ2v) is 8.46. The van der Waals surface area contributed by atoms with Crippen LogP contribution in [0.2, 0.25) is 0 Å². The largest absolute Gasteiger partial charge is 0.496 e. The zero-order chi connectivity index (χ0) is 22.2. The van der Waals surface area contributed by atoms with Gasteiger partial charge in [0.25, 0.3) is 0 Å². The summed E-state index contributed by atoms with van der Waals surface area (Å²) in [5.74, 6) is 1.55. The summed E-state index contributed by atoms with van der Waals surface area (Å²) in [6.45, 7) is 6.24. The molecular formula is C25H31N3O4. The topological polar surface area (TPSA) is 57.5 Å². The molecule has 3 heterocycles. The highest BCUT2D eigenvalue weighted by atomic mass is 16.7. The van der Waals surface area contributed by atoms with Gasteiger partial charge in [-0.1, -0.05) is 13.0 Å². The van der Waals surface area contributed by atoms with Crippen LogP contribution < -0.4 is 14.4 Å². The van der Waals surface area contributed by atoms with E-state index in [1.807, 2.05) is 23.6 Å². The monoisotopic (exact) mass is 437 g/mol. The Labute approximate surface area is 188 Å². The molecule has 0 N–H and O–H groups in total. The Bertz CT molecular complexity index is 1090. The van der Waals surface area contributed by atoms with Crippen LogP contribution in [0.4, 0.5) is 5.69 Å². The van der Waals surface area contributed by atoms with Crippen LogP contribution in [0, 0.1) is 6.92 Å². The number of hydrogen-bond acceptors (Lipinski definition) is 6. The third kappa shape index (κ3) is 3.69. The SMILES string of the molecule is CCc1nn2c(-c3c(OC)cc(C)cc3OC)cccc2c1N(CC1OCCO1)C1CC1. The van der Waals surface area contributed by atoms with E-state index >= 15 is 0 Å². The predicted octanol–water partition coefficient (Wildman–Crippen LogP) is 4.23. The Hall–Kier alpha value is -2.77. The molecule has 2 aromatic heterocycles. The maximum Gasteiger partial charge on any atom is 0.175 e. The van der Waals surface area contributed by atoms with Crippen LogP contribution in [0.1, 0.15) is 31.0 Å². The van der Waals surface area contributed by atoms with Crippen LogP contribution in [0.5, 0.6) is 11.5 Å². The highest BCUT2D eigenvalue weighted by molar-refractivity contribution is 5.83. The Morgan fingerprint density at radius 3 is 2.38 bits per heavy atom. The van der Waals surface area contributed by atoms with Crippen molar-refractivity contribution in [2.45, 2.75) is 45.4 Å². The maximum atomic E-state index is 5.79. The Balaban J connectivity index is 1.68. The first kappa shape index (κ1) is 21.1. The summed E-state index contributed by atoms with van der Waals surface area (Å²) in [6, 6.07) is 10.9. The molecule has 5 rings (SSSR count). The summed E-state index contributed by atoms with van der Waals surface area (Å²) >= 11 is 0. The van der Waals surface area contributed by atoms with Crippen LogP contribution in [-0.4, -0.2) is 55.9 Å². The van der Waals surface area contributed by atoms with Gasteiger partial charge in [0, 0.05) is 6.04 Å². The standard InChI is InChI=1S/C25H31N3O4/c1-5-18-25(27(17-9-10-17)15-23-31-11-12-32-23)20-8-6-7-19(28(20)26-18)24-21(29-3)13-16(2)14-22(24)30-4/h6-8,13-14,17,23H,5,9-12,15H2,1-4H3. The normalized spacial score (nSPS) is 16.6. The number of methoxy groups -OCH3 is 2. The number of benzene rings is 1. The van der Waals surface area contributed by atoms with E-state index in [4.69, 9.17) is 24.0 Å². The van der Waals surface area contributed by atoms with E-state index < -0.39 is 0 Å². The Morgan fingerprint density at radius 2 is 1.78 bits per heavy atom. The van der Waals surface area contributed by atoms with Gasteiger partial charge in [0.15, 0.2) is 6.29 Å². The van der Waals surface area contributed by atoms with Gasteiger partial charge in [-0.05, 0) is 56.0 Å². The smallest absolute Gasteiger partial charge is 0.175 e. The molecule has 0 atom stereocenters. The molecule has 0 spiro atoms. The Kier molecular flexibility index (Phi) is 5.69.